The predicted octanol–water partition coefficient (Wildman–Crippen LogP) is 5.75. The zero-order valence-electron chi connectivity index (χ0n) is 12.7. The van der Waals surface area contributed by atoms with Gasteiger partial charge in [-0.1, -0.05) is 41.7 Å². The zero-order chi connectivity index (χ0) is 17.0. The molecule has 2 rings (SSSR count). The van der Waals surface area contributed by atoms with Crippen LogP contribution < -0.4 is 10.1 Å². The quantitative estimate of drug-likeness (QED) is 0.725. The van der Waals surface area contributed by atoms with Gasteiger partial charge in [0.2, 0.25) is 0 Å². The number of benzene rings is 2. The number of carbonyl (C=O) groups excluding carboxylic acids is 1. The minimum Gasteiger partial charge on any atom is -0.481 e. The minimum atomic E-state index is -0.648. The lowest BCUT2D eigenvalue weighted by atomic mass is 10.2. The Kier molecular flexibility index (Phi) is 6.17. The first kappa shape index (κ1) is 17.9. The molecule has 0 bridgehead atoms. The van der Waals surface area contributed by atoms with Crippen LogP contribution in [0.4, 0.5) is 5.69 Å². The van der Waals surface area contributed by atoms with E-state index in [1.165, 1.54) is 0 Å². The number of hydrogen-bond donors (Lipinski definition) is 1. The summed E-state index contributed by atoms with van der Waals surface area (Å²) >= 11 is 18.0. The predicted molar refractivity (Wildman–Crippen MR) is 96.0 cm³/mol. The molecule has 1 N–H and O–H groups in total. The maximum atomic E-state index is 12.4. The van der Waals surface area contributed by atoms with Gasteiger partial charge in [-0.25, -0.2) is 0 Å². The summed E-state index contributed by atoms with van der Waals surface area (Å²) in [5.74, 6) is 0.301. The van der Waals surface area contributed by atoms with E-state index in [9.17, 15) is 4.79 Å². The van der Waals surface area contributed by atoms with Crippen LogP contribution in [-0.4, -0.2) is 12.0 Å². The summed E-state index contributed by atoms with van der Waals surface area (Å²) in [6.45, 7) is 3.74. The fourth-order valence-electron chi connectivity index (χ4n) is 1.98. The summed E-state index contributed by atoms with van der Waals surface area (Å²) in [6, 6.07) is 10.2. The van der Waals surface area contributed by atoms with E-state index in [2.05, 4.69) is 5.32 Å². The van der Waals surface area contributed by atoms with Crippen molar-refractivity contribution in [3.05, 3.63) is 57.0 Å². The molecule has 0 radical (unpaired) electrons. The average Bonchev–Trinajstić information content (AvgIpc) is 2.51. The summed E-state index contributed by atoms with van der Waals surface area (Å²) in [6.07, 6.45) is -0.142. The standard InChI is InChI=1S/C17H16Cl3NO2/c1-3-16(23-12-5-7-13(19)10(2)8-12)17(22)21-15-9-11(18)4-6-14(15)20/h4-9,16H,3H2,1-2H3,(H,21,22)/t16-/m1/s1. The summed E-state index contributed by atoms with van der Waals surface area (Å²) in [7, 11) is 0. The molecule has 0 aromatic heterocycles. The molecule has 1 amide bonds. The second kappa shape index (κ2) is 7.91. The molecule has 6 heteroatoms. The molecule has 122 valence electrons. The third kappa shape index (κ3) is 4.77. The van der Waals surface area contributed by atoms with Crippen LogP contribution in [0.2, 0.25) is 15.1 Å². The second-order valence-corrected chi connectivity index (χ2v) is 6.29. The van der Waals surface area contributed by atoms with Gasteiger partial charge in [-0.2, -0.15) is 0 Å². The molecule has 0 spiro atoms. The van der Waals surface area contributed by atoms with Gasteiger partial charge in [-0.15, -0.1) is 0 Å². The van der Waals surface area contributed by atoms with Crippen LogP contribution in [0, 0.1) is 6.92 Å². The highest BCUT2D eigenvalue weighted by molar-refractivity contribution is 6.35. The van der Waals surface area contributed by atoms with E-state index in [0.717, 1.165) is 5.56 Å². The van der Waals surface area contributed by atoms with Gasteiger partial charge in [0.1, 0.15) is 5.75 Å². The highest BCUT2D eigenvalue weighted by Crippen LogP contribution is 2.26. The molecule has 0 fully saturated rings. The smallest absolute Gasteiger partial charge is 0.265 e. The SMILES string of the molecule is CC[C@@H](Oc1ccc(Cl)c(C)c1)C(=O)Nc1cc(Cl)ccc1Cl. The molecule has 23 heavy (non-hydrogen) atoms. The molecule has 2 aromatic rings. The Morgan fingerprint density at radius 2 is 1.83 bits per heavy atom. The molecule has 0 unspecified atom stereocenters. The molecule has 0 saturated carbocycles. The highest BCUT2D eigenvalue weighted by Gasteiger charge is 2.20. The van der Waals surface area contributed by atoms with Gasteiger partial charge in [0.05, 0.1) is 10.7 Å². The Labute approximate surface area is 150 Å². The van der Waals surface area contributed by atoms with Crippen LogP contribution in [0.1, 0.15) is 18.9 Å². The summed E-state index contributed by atoms with van der Waals surface area (Å²) in [4.78, 5) is 12.4. The number of halogens is 3. The summed E-state index contributed by atoms with van der Waals surface area (Å²) in [5, 5.41) is 4.30. The van der Waals surface area contributed by atoms with Crippen molar-refractivity contribution in [1.82, 2.24) is 0 Å². The Balaban J connectivity index is 2.11. The molecule has 3 nitrogen and oxygen atoms in total. The van der Waals surface area contributed by atoms with Crippen LogP contribution in [0.15, 0.2) is 36.4 Å². The van der Waals surface area contributed by atoms with Gasteiger partial charge in [0, 0.05) is 10.0 Å². The van der Waals surface area contributed by atoms with Gasteiger partial charge in [-0.05, 0) is 55.3 Å². The molecular formula is C17H16Cl3NO2. The van der Waals surface area contributed by atoms with Crippen molar-refractivity contribution in [3.63, 3.8) is 0 Å². The lowest BCUT2D eigenvalue weighted by Gasteiger charge is -2.18. The Hall–Kier alpha value is -1.42. The third-order valence-electron chi connectivity index (χ3n) is 3.26. The number of amides is 1. The number of rotatable bonds is 5. The fourth-order valence-corrected chi connectivity index (χ4v) is 2.44. The van der Waals surface area contributed by atoms with Gasteiger partial charge in [0.15, 0.2) is 6.10 Å². The van der Waals surface area contributed by atoms with Crippen LogP contribution in [0.5, 0.6) is 5.75 Å². The molecule has 0 heterocycles. The zero-order valence-corrected chi connectivity index (χ0v) is 15.0. The van der Waals surface area contributed by atoms with Gasteiger partial charge in [-0.3, -0.25) is 4.79 Å². The molecule has 1 atom stereocenters. The van der Waals surface area contributed by atoms with Crippen LogP contribution in [-0.2, 0) is 4.79 Å². The molecule has 0 aliphatic rings. The first-order valence-corrected chi connectivity index (χ1v) is 8.22. The molecule has 0 saturated heterocycles. The molecule has 0 aliphatic heterocycles. The van der Waals surface area contributed by atoms with Gasteiger partial charge >= 0.3 is 0 Å². The molecule has 2 aromatic carbocycles. The first-order chi connectivity index (χ1) is 10.9. The number of aryl methyl sites for hydroxylation is 1. The molecular weight excluding hydrogens is 357 g/mol. The largest absolute Gasteiger partial charge is 0.481 e. The number of hydrogen-bond acceptors (Lipinski definition) is 2. The van der Waals surface area contributed by atoms with Crippen molar-refractivity contribution in [2.45, 2.75) is 26.4 Å². The first-order valence-electron chi connectivity index (χ1n) is 7.09. The van der Waals surface area contributed by atoms with Gasteiger partial charge < -0.3 is 10.1 Å². The van der Waals surface area contributed by atoms with E-state index in [0.29, 0.717) is 32.9 Å². The van der Waals surface area contributed by atoms with Crippen molar-refractivity contribution >= 4 is 46.4 Å². The number of carbonyl (C=O) groups is 1. The lowest BCUT2D eigenvalue weighted by molar-refractivity contribution is -0.122. The van der Waals surface area contributed by atoms with Crippen molar-refractivity contribution in [2.75, 3.05) is 5.32 Å². The fraction of sp³-hybridized carbons (Fsp3) is 0.235. The lowest BCUT2D eigenvalue weighted by Crippen LogP contribution is -2.32. The van der Waals surface area contributed by atoms with Crippen molar-refractivity contribution in [3.8, 4) is 5.75 Å². The molecule has 0 aliphatic carbocycles. The maximum absolute atomic E-state index is 12.4. The topological polar surface area (TPSA) is 38.3 Å². The second-order valence-electron chi connectivity index (χ2n) is 5.04. The van der Waals surface area contributed by atoms with Crippen molar-refractivity contribution < 1.29 is 9.53 Å². The van der Waals surface area contributed by atoms with E-state index in [1.807, 2.05) is 13.8 Å². The van der Waals surface area contributed by atoms with Crippen LogP contribution in [0.3, 0.4) is 0 Å². The Bertz CT molecular complexity index is 719. The average molecular weight is 373 g/mol. The number of nitrogens with one attached hydrogen (secondary N) is 1. The van der Waals surface area contributed by atoms with E-state index < -0.39 is 6.10 Å². The highest BCUT2D eigenvalue weighted by atomic mass is 35.5. The minimum absolute atomic E-state index is 0.288. The van der Waals surface area contributed by atoms with Crippen LogP contribution >= 0.6 is 34.8 Å². The van der Waals surface area contributed by atoms with Crippen LogP contribution in [0.25, 0.3) is 0 Å². The number of anilines is 1. The van der Waals surface area contributed by atoms with Crippen molar-refractivity contribution in [1.29, 1.82) is 0 Å². The van der Waals surface area contributed by atoms with E-state index in [1.54, 1.807) is 36.4 Å². The Morgan fingerprint density at radius 3 is 2.48 bits per heavy atom. The van der Waals surface area contributed by atoms with E-state index in [-0.39, 0.29) is 5.91 Å². The normalized spacial score (nSPS) is 11.9. The van der Waals surface area contributed by atoms with E-state index >= 15 is 0 Å². The van der Waals surface area contributed by atoms with Gasteiger partial charge in [0.25, 0.3) is 5.91 Å². The van der Waals surface area contributed by atoms with E-state index in [4.69, 9.17) is 39.5 Å². The Morgan fingerprint density at radius 1 is 1.13 bits per heavy atom. The monoisotopic (exact) mass is 371 g/mol. The number of ether oxygens (including phenoxy) is 1. The summed E-state index contributed by atoms with van der Waals surface area (Å²) in [5.41, 5.74) is 1.34. The maximum Gasteiger partial charge on any atom is 0.265 e. The van der Waals surface area contributed by atoms with Crippen molar-refractivity contribution in [2.24, 2.45) is 0 Å². The third-order valence-corrected chi connectivity index (χ3v) is 4.25. The summed E-state index contributed by atoms with van der Waals surface area (Å²) < 4.78 is 5.76.